The molecule has 1 amide bonds. The van der Waals surface area contributed by atoms with Crippen molar-refractivity contribution in [1.82, 2.24) is 25.2 Å². The van der Waals surface area contributed by atoms with E-state index < -0.39 is 11.8 Å². The van der Waals surface area contributed by atoms with Crippen LogP contribution in [0.4, 0.5) is 5.69 Å². The number of carbonyl (C=O) groups excluding carboxylic acids is 1. The van der Waals surface area contributed by atoms with Crippen molar-refractivity contribution in [3.8, 4) is 0 Å². The maximum absolute atomic E-state index is 12.8. The van der Waals surface area contributed by atoms with E-state index in [1.165, 1.54) is 11.0 Å². The summed E-state index contributed by atoms with van der Waals surface area (Å²) in [6.45, 7) is 0. The molecule has 2 N–H and O–H groups in total. The lowest BCUT2D eigenvalue weighted by Crippen LogP contribution is -2.28. The van der Waals surface area contributed by atoms with Crippen molar-refractivity contribution in [3.05, 3.63) is 71.0 Å². The molecule has 1 atom stereocenters. The first-order valence-electron chi connectivity index (χ1n) is 7.89. The predicted molar refractivity (Wildman–Crippen MR) is 92.5 cm³/mol. The molecule has 2 heterocycles. The minimum absolute atomic E-state index is 0.272. The molecule has 0 radical (unpaired) electrons. The number of nitrogens with zero attached hydrogens (tertiary/aromatic N) is 4. The van der Waals surface area contributed by atoms with Gasteiger partial charge in [-0.25, -0.2) is 9.48 Å². The Labute approximate surface area is 146 Å². The fourth-order valence-corrected chi connectivity index (χ4v) is 2.71. The Morgan fingerprint density at radius 1 is 1.23 bits per heavy atom. The third-order valence-electron chi connectivity index (χ3n) is 3.95. The van der Waals surface area contributed by atoms with Crippen LogP contribution in [0.1, 0.15) is 11.6 Å². The Hall–Kier alpha value is -3.75. The highest BCUT2D eigenvalue weighted by Crippen LogP contribution is 2.19. The van der Waals surface area contributed by atoms with Crippen LogP contribution in [0.3, 0.4) is 0 Å². The zero-order valence-corrected chi connectivity index (χ0v) is 13.5. The number of anilines is 1. The van der Waals surface area contributed by atoms with Gasteiger partial charge in [0.15, 0.2) is 5.58 Å². The van der Waals surface area contributed by atoms with E-state index in [1.807, 2.05) is 30.3 Å². The molecule has 130 valence electrons. The van der Waals surface area contributed by atoms with E-state index in [9.17, 15) is 9.59 Å². The van der Waals surface area contributed by atoms with Crippen LogP contribution >= 0.6 is 0 Å². The Morgan fingerprint density at radius 3 is 2.85 bits per heavy atom. The molecule has 4 rings (SSSR count). The largest absolute Gasteiger partial charge is 0.417 e. The molecular formula is C17H14N6O3. The van der Waals surface area contributed by atoms with Gasteiger partial charge in [-0.05, 0) is 34.2 Å². The second kappa shape index (κ2) is 6.63. The highest BCUT2D eigenvalue weighted by atomic mass is 16.4. The van der Waals surface area contributed by atoms with Crippen molar-refractivity contribution in [1.29, 1.82) is 0 Å². The monoisotopic (exact) mass is 350 g/mol. The van der Waals surface area contributed by atoms with E-state index in [-0.39, 0.29) is 5.91 Å². The van der Waals surface area contributed by atoms with E-state index in [4.69, 9.17) is 4.42 Å². The summed E-state index contributed by atoms with van der Waals surface area (Å²) in [5.74, 6) is -0.814. The van der Waals surface area contributed by atoms with Crippen LogP contribution in [0, 0.1) is 0 Å². The van der Waals surface area contributed by atoms with Crippen molar-refractivity contribution in [2.24, 2.45) is 0 Å². The van der Waals surface area contributed by atoms with Gasteiger partial charge in [0.25, 0.3) is 0 Å². The molecule has 2 aromatic heterocycles. The first-order chi connectivity index (χ1) is 12.7. The average molecular weight is 350 g/mol. The molecule has 0 saturated carbocycles. The van der Waals surface area contributed by atoms with Gasteiger partial charge in [0.05, 0.1) is 5.52 Å². The Balaban J connectivity index is 1.59. The number of H-pyrrole nitrogens is 1. The minimum atomic E-state index is -0.619. The number of carbonyl (C=O) groups is 1. The normalized spacial score (nSPS) is 12.2. The van der Waals surface area contributed by atoms with Crippen molar-refractivity contribution in [2.75, 3.05) is 5.32 Å². The standard InChI is InChI=1S/C17H14N6O3/c24-16(19-12-6-7-15-13(9-12)20-17(25)26-15)14(23-10-18-21-22-23)8-11-4-2-1-3-5-11/h1-7,9-10,14H,8H2,(H,19,24)(H,20,25). The fourth-order valence-electron chi connectivity index (χ4n) is 2.71. The van der Waals surface area contributed by atoms with Crippen molar-refractivity contribution in [2.45, 2.75) is 12.5 Å². The van der Waals surface area contributed by atoms with Gasteiger partial charge in [-0.3, -0.25) is 9.78 Å². The molecule has 0 spiro atoms. The maximum atomic E-state index is 12.8. The molecule has 0 bridgehead atoms. The Morgan fingerprint density at radius 2 is 2.08 bits per heavy atom. The smallest absolute Gasteiger partial charge is 0.408 e. The van der Waals surface area contributed by atoms with Gasteiger partial charge in [0.1, 0.15) is 12.4 Å². The summed E-state index contributed by atoms with van der Waals surface area (Å²) >= 11 is 0. The van der Waals surface area contributed by atoms with Crippen LogP contribution in [-0.2, 0) is 11.2 Å². The van der Waals surface area contributed by atoms with E-state index in [0.29, 0.717) is 23.2 Å². The second-order valence-electron chi connectivity index (χ2n) is 5.71. The average Bonchev–Trinajstić information content (AvgIpc) is 3.29. The van der Waals surface area contributed by atoms with Gasteiger partial charge in [0, 0.05) is 12.1 Å². The van der Waals surface area contributed by atoms with Crippen molar-refractivity contribution in [3.63, 3.8) is 0 Å². The van der Waals surface area contributed by atoms with Crippen LogP contribution in [-0.4, -0.2) is 31.1 Å². The van der Waals surface area contributed by atoms with Crippen molar-refractivity contribution < 1.29 is 9.21 Å². The number of aromatic nitrogens is 5. The molecule has 1 unspecified atom stereocenters. The quantitative estimate of drug-likeness (QED) is 0.563. The Kier molecular flexibility index (Phi) is 4.02. The zero-order chi connectivity index (χ0) is 17.9. The minimum Gasteiger partial charge on any atom is -0.408 e. The first-order valence-corrected chi connectivity index (χ1v) is 7.89. The highest BCUT2D eigenvalue weighted by Gasteiger charge is 2.22. The second-order valence-corrected chi connectivity index (χ2v) is 5.71. The maximum Gasteiger partial charge on any atom is 0.417 e. The summed E-state index contributed by atoms with van der Waals surface area (Å²) in [7, 11) is 0. The molecule has 0 aliphatic rings. The van der Waals surface area contributed by atoms with Crippen LogP contribution in [0.25, 0.3) is 11.1 Å². The molecule has 0 aliphatic heterocycles. The third-order valence-corrected chi connectivity index (χ3v) is 3.95. The number of hydrogen-bond donors (Lipinski definition) is 2. The molecule has 9 heteroatoms. The highest BCUT2D eigenvalue weighted by molar-refractivity contribution is 5.95. The SMILES string of the molecule is O=C(Nc1ccc2oc(=O)[nH]c2c1)C(Cc1ccccc1)n1cnnn1. The summed E-state index contributed by atoms with van der Waals surface area (Å²) in [5.41, 5.74) is 2.45. The van der Waals surface area contributed by atoms with E-state index in [1.54, 1.807) is 18.2 Å². The van der Waals surface area contributed by atoms with E-state index in [2.05, 4.69) is 25.8 Å². The molecule has 0 saturated heterocycles. The van der Waals surface area contributed by atoms with Gasteiger partial charge in [-0.1, -0.05) is 30.3 Å². The fraction of sp³-hybridized carbons (Fsp3) is 0.118. The molecule has 9 nitrogen and oxygen atoms in total. The molecule has 0 aliphatic carbocycles. The van der Waals surface area contributed by atoms with Crippen LogP contribution < -0.4 is 11.1 Å². The van der Waals surface area contributed by atoms with Crippen LogP contribution in [0.2, 0.25) is 0 Å². The molecular weight excluding hydrogens is 336 g/mol. The van der Waals surface area contributed by atoms with Crippen LogP contribution in [0.15, 0.2) is 64.1 Å². The number of rotatable bonds is 5. The van der Waals surface area contributed by atoms with Gasteiger partial charge in [-0.15, -0.1) is 5.10 Å². The van der Waals surface area contributed by atoms with Crippen molar-refractivity contribution >= 4 is 22.7 Å². The predicted octanol–water partition coefficient (Wildman–Crippen LogP) is 1.53. The van der Waals surface area contributed by atoms with Gasteiger partial charge >= 0.3 is 5.76 Å². The number of oxazole rings is 1. The lowest BCUT2D eigenvalue weighted by atomic mass is 10.1. The van der Waals surface area contributed by atoms with Crippen LogP contribution in [0.5, 0.6) is 0 Å². The van der Waals surface area contributed by atoms with E-state index in [0.717, 1.165) is 5.56 Å². The zero-order valence-electron chi connectivity index (χ0n) is 13.5. The summed E-state index contributed by atoms with van der Waals surface area (Å²) in [4.78, 5) is 26.6. The number of amides is 1. The van der Waals surface area contributed by atoms with Gasteiger partial charge < -0.3 is 9.73 Å². The van der Waals surface area contributed by atoms with Gasteiger partial charge in [0.2, 0.25) is 5.91 Å². The number of nitrogens with one attached hydrogen (secondary N) is 2. The number of benzene rings is 2. The number of aromatic amines is 1. The summed E-state index contributed by atoms with van der Waals surface area (Å²) < 4.78 is 6.38. The third kappa shape index (κ3) is 3.22. The molecule has 4 aromatic rings. The summed E-state index contributed by atoms with van der Waals surface area (Å²) in [6, 6.07) is 13.9. The first kappa shape index (κ1) is 15.8. The summed E-state index contributed by atoms with van der Waals surface area (Å²) in [5, 5.41) is 13.9. The van der Waals surface area contributed by atoms with E-state index >= 15 is 0 Å². The lowest BCUT2D eigenvalue weighted by molar-refractivity contribution is -0.119. The topological polar surface area (TPSA) is 119 Å². The molecule has 2 aromatic carbocycles. The number of tetrazole rings is 1. The number of hydrogen-bond acceptors (Lipinski definition) is 6. The van der Waals surface area contributed by atoms with Gasteiger partial charge in [-0.2, -0.15) is 0 Å². The number of fused-ring (bicyclic) bond motifs is 1. The summed E-state index contributed by atoms with van der Waals surface area (Å²) in [6.07, 6.45) is 1.84. The Bertz CT molecular complexity index is 1080. The lowest BCUT2D eigenvalue weighted by Gasteiger charge is -2.16. The molecule has 26 heavy (non-hydrogen) atoms. The molecule has 0 fully saturated rings.